The molecular weight excluding hydrogens is 466 g/mol. The molecule has 2 aliphatic rings. The van der Waals surface area contributed by atoms with E-state index in [4.69, 9.17) is 5.26 Å². The number of likely N-dealkylation sites (tertiary alicyclic amines) is 1. The van der Waals surface area contributed by atoms with Crippen molar-refractivity contribution in [3.63, 3.8) is 0 Å². The Morgan fingerprint density at radius 3 is 2.69 bits per heavy atom. The molecule has 0 radical (unpaired) electrons. The summed E-state index contributed by atoms with van der Waals surface area (Å²) < 4.78 is 0. The molecular formula is C24H31N7O3S. The van der Waals surface area contributed by atoms with Gasteiger partial charge in [-0.3, -0.25) is 19.3 Å². The van der Waals surface area contributed by atoms with E-state index in [2.05, 4.69) is 20.9 Å². The minimum atomic E-state index is -0.918. The number of nitrogens with zero attached hydrogens (tertiary/aromatic N) is 4. The molecule has 2 heterocycles. The molecule has 0 aliphatic carbocycles. The van der Waals surface area contributed by atoms with Gasteiger partial charge in [-0.1, -0.05) is 6.07 Å². The van der Waals surface area contributed by atoms with Gasteiger partial charge in [-0.2, -0.15) is 10.5 Å². The average Bonchev–Trinajstić information content (AvgIpc) is 3.12. The van der Waals surface area contributed by atoms with Gasteiger partial charge in [-0.25, -0.2) is 0 Å². The number of amides is 3. The van der Waals surface area contributed by atoms with Gasteiger partial charge in [0.15, 0.2) is 0 Å². The van der Waals surface area contributed by atoms with Crippen LogP contribution >= 0.6 is 11.8 Å². The van der Waals surface area contributed by atoms with Gasteiger partial charge in [0.1, 0.15) is 12.5 Å². The van der Waals surface area contributed by atoms with E-state index in [1.54, 1.807) is 4.90 Å². The van der Waals surface area contributed by atoms with Crippen molar-refractivity contribution in [2.24, 2.45) is 5.92 Å². The third kappa shape index (κ3) is 7.35. The number of anilines is 2. The maximum absolute atomic E-state index is 12.9. The van der Waals surface area contributed by atoms with Gasteiger partial charge >= 0.3 is 0 Å². The number of thioether (sulfide) groups is 1. The van der Waals surface area contributed by atoms with Crippen molar-refractivity contribution in [2.75, 3.05) is 49.9 Å². The monoisotopic (exact) mass is 497 g/mol. The van der Waals surface area contributed by atoms with Crippen molar-refractivity contribution in [3.8, 4) is 12.1 Å². The minimum Gasteiger partial charge on any atom is -0.385 e. The van der Waals surface area contributed by atoms with E-state index >= 15 is 0 Å². The molecule has 0 aromatic heterocycles. The molecule has 3 amide bonds. The predicted molar refractivity (Wildman–Crippen MR) is 134 cm³/mol. The smallest absolute Gasteiger partial charge is 0.238 e. The van der Waals surface area contributed by atoms with Gasteiger partial charge < -0.3 is 20.9 Å². The molecule has 3 rings (SSSR count). The second-order valence-electron chi connectivity index (χ2n) is 8.47. The second-order valence-corrected chi connectivity index (χ2v) is 9.86. The summed E-state index contributed by atoms with van der Waals surface area (Å²) in [5.41, 5.74) is 1.58. The van der Waals surface area contributed by atoms with Gasteiger partial charge in [0.05, 0.1) is 29.3 Å². The number of rotatable bonds is 12. The van der Waals surface area contributed by atoms with Crippen molar-refractivity contribution in [3.05, 3.63) is 24.3 Å². The summed E-state index contributed by atoms with van der Waals surface area (Å²) in [6, 6.07) is 11.3. The molecule has 2 fully saturated rings. The van der Waals surface area contributed by atoms with Gasteiger partial charge in [0, 0.05) is 30.9 Å². The Bertz CT molecular complexity index is 1000. The van der Waals surface area contributed by atoms with E-state index < -0.39 is 11.8 Å². The van der Waals surface area contributed by atoms with Crippen LogP contribution in [0.2, 0.25) is 0 Å². The first-order valence-corrected chi connectivity index (χ1v) is 12.8. The number of hydrogen-bond donors (Lipinski definition) is 3. The standard InChI is InChI=1S/C24H31N7O3S/c1-2-31-22(13-17(15-26)23(33)28-10-8-25)35-20(24(31)34)7-9-27-18-5-3-6-19(14-18)29-21(32)16-30-11-4-12-30/h3,5-6,14,17,20,22,27H,2,4,7,9-13,16H2,1H3,(H,28,33)(H,29,32). The zero-order valence-electron chi connectivity index (χ0n) is 19.8. The molecule has 35 heavy (non-hydrogen) atoms. The van der Waals surface area contributed by atoms with Crippen molar-refractivity contribution in [1.29, 1.82) is 10.5 Å². The average molecular weight is 498 g/mol. The van der Waals surface area contributed by atoms with Crippen LogP contribution in [0.5, 0.6) is 0 Å². The molecule has 3 N–H and O–H groups in total. The number of carbonyl (C=O) groups is 3. The Labute approximate surface area is 210 Å². The van der Waals surface area contributed by atoms with Gasteiger partial charge in [-0.05, 0) is 51.1 Å². The van der Waals surface area contributed by atoms with Crippen molar-refractivity contribution >= 4 is 40.9 Å². The van der Waals surface area contributed by atoms with Crippen LogP contribution in [0.3, 0.4) is 0 Å². The second kappa shape index (κ2) is 13.0. The van der Waals surface area contributed by atoms with Crippen LogP contribution in [0.15, 0.2) is 24.3 Å². The van der Waals surface area contributed by atoms with E-state index in [9.17, 15) is 19.6 Å². The van der Waals surface area contributed by atoms with Crippen molar-refractivity contribution in [1.82, 2.24) is 15.1 Å². The highest BCUT2D eigenvalue weighted by Gasteiger charge is 2.40. The Morgan fingerprint density at radius 1 is 1.26 bits per heavy atom. The third-order valence-corrected chi connectivity index (χ3v) is 7.54. The number of nitrogens with one attached hydrogen (secondary N) is 3. The lowest BCUT2D eigenvalue weighted by molar-refractivity contribution is -0.131. The number of hydrogen-bond acceptors (Lipinski definition) is 8. The Hall–Kier alpha value is -3.28. The molecule has 1 aromatic carbocycles. The SMILES string of the molecule is CCN1C(=O)C(CCNc2cccc(NC(=O)CN3CCC3)c2)SC1CC(C#N)C(=O)NCC#N. The van der Waals surface area contributed by atoms with E-state index in [1.165, 1.54) is 11.8 Å². The highest BCUT2D eigenvalue weighted by atomic mass is 32.2. The van der Waals surface area contributed by atoms with Crippen LogP contribution in [0.25, 0.3) is 0 Å². The summed E-state index contributed by atoms with van der Waals surface area (Å²) in [6.45, 7) is 5.12. The van der Waals surface area contributed by atoms with Crippen molar-refractivity contribution < 1.29 is 14.4 Å². The van der Waals surface area contributed by atoms with E-state index in [0.29, 0.717) is 26.1 Å². The van der Waals surface area contributed by atoms with Crippen LogP contribution in [-0.2, 0) is 14.4 Å². The van der Waals surface area contributed by atoms with Crippen LogP contribution in [0.1, 0.15) is 26.2 Å². The maximum Gasteiger partial charge on any atom is 0.238 e. The molecule has 11 heteroatoms. The van der Waals surface area contributed by atoms with Crippen LogP contribution in [0.4, 0.5) is 11.4 Å². The molecule has 0 spiro atoms. The zero-order valence-corrected chi connectivity index (χ0v) is 20.6. The van der Waals surface area contributed by atoms with Gasteiger partial charge in [0.25, 0.3) is 0 Å². The van der Waals surface area contributed by atoms with E-state index in [0.717, 1.165) is 30.9 Å². The van der Waals surface area contributed by atoms with Gasteiger partial charge in [0.2, 0.25) is 17.7 Å². The molecule has 10 nitrogen and oxygen atoms in total. The van der Waals surface area contributed by atoms with Crippen LogP contribution in [0, 0.1) is 28.6 Å². The maximum atomic E-state index is 12.9. The first kappa shape index (κ1) is 26.3. The Balaban J connectivity index is 1.49. The summed E-state index contributed by atoms with van der Waals surface area (Å²) in [5.74, 6) is -1.43. The summed E-state index contributed by atoms with van der Waals surface area (Å²) in [4.78, 5) is 41.0. The lowest BCUT2D eigenvalue weighted by atomic mass is 10.1. The summed E-state index contributed by atoms with van der Waals surface area (Å²) in [7, 11) is 0. The summed E-state index contributed by atoms with van der Waals surface area (Å²) >= 11 is 1.47. The summed E-state index contributed by atoms with van der Waals surface area (Å²) in [6.07, 6.45) is 1.95. The molecule has 2 saturated heterocycles. The highest BCUT2D eigenvalue weighted by Crippen LogP contribution is 2.37. The largest absolute Gasteiger partial charge is 0.385 e. The molecule has 3 unspecified atom stereocenters. The number of nitriles is 2. The van der Waals surface area contributed by atoms with E-state index in [-0.39, 0.29) is 35.4 Å². The zero-order chi connectivity index (χ0) is 25.2. The quantitative estimate of drug-likeness (QED) is 0.370. The predicted octanol–water partition coefficient (Wildman–Crippen LogP) is 1.59. The molecule has 2 aliphatic heterocycles. The first-order valence-electron chi connectivity index (χ1n) is 11.8. The number of benzene rings is 1. The highest BCUT2D eigenvalue weighted by molar-refractivity contribution is 8.01. The first-order chi connectivity index (χ1) is 16.9. The molecule has 0 saturated carbocycles. The normalized spacial score (nSPS) is 20.3. The lowest BCUT2D eigenvalue weighted by Gasteiger charge is -2.29. The van der Waals surface area contributed by atoms with Crippen LogP contribution in [-0.4, -0.2) is 77.4 Å². The number of carbonyl (C=O) groups excluding carboxylic acids is 3. The molecule has 3 atom stereocenters. The molecule has 186 valence electrons. The fourth-order valence-corrected chi connectivity index (χ4v) is 5.64. The fraction of sp³-hybridized carbons (Fsp3) is 0.542. The van der Waals surface area contributed by atoms with Crippen LogP contribution < -0.4 is 16.0 Å². The molecule has 0 bridgehead atoms. The minimum absolute atomic E-state index is 0.00503. The fourth-order valence-electron chi connectivity index (χ4n) is 4.05. The Morgan fingerprint density at radius 2 is 2.03 bits per heavy atom. The topological polar surface area (TPSA) is 141 Å². The summed E-state index contributed by atoms with van der Waals surface area (Å²) in [5, 5.41) is 26.2. The Kier molecular flexibility index (Phi) is 9.76. The molecule has 1 aromatic rings. The van der Waals surface area contributed by atoms with Crippen molar-refractivity contribution in [2.45, 2.75) is 36.8 Å². The van der Waals surface area contributed by atoms with E-state index in [1.807, 2.05) is 43.3 Å². The lowest BCUT2D eigenvalue weighted by Crippen LogP contribution is -2.42. The third-order valence-electron chi connectivity index (χ3n) is 6.02. The van der Waals surface area contributed by atoms with Gasteiger partial charge in [-0.15, -0.1) is 11.8 Å².